The lowest BCUT2D eigenvalue weighted by atomic mass is 10.1. The molecule has 4 nitrogen and oxygen atoms in total. The molecular formula is C15H25N3O. The van der Waals surface area contributed by atoms with E-state index in [1.165, 1.54) is 0 Å². The summed E-state index contributed by atoms with van der Waals surface area (Å²) in [6, 6.07) is 6.49. The lowest BCUT2D eigenvalue weighted by molar-refractivity contribution is 0.110. The molecule has 1 aromatic rings. The highest BCUT2D eigenvalue weighted by Gasteiger charge is 2.18. The summed E-state index contributed by atoms with van der Waals surface area (Å²) in [6.07, 6.45) is 2.50. The zero-order valence-corrected chi connectivity index (χ0v) is 12.2. The Hall–Kier alpha value is -1.13. The molecule has 2 rings (SSSR count). The molecule has 0 radical (unpaired) electrons. The molecule has 0 saturated carbocycles. The molecule has 1 saturated heterocycles. The van der Waals surface area contributed by atoms with Crippen molar-refractivity contribution in [2.75, 3.05) is 20.1 Å². The number of nitrogens with one attached hydrogen (secondary N) is 1. The van der Waals surface area contributed by atoms with Crippen molar-refractivity contribution in [3.63, 3.8) is 0 Å². The largest absolute Gasteiger partial charge is 0.474 e. The van der Waals surface area contributed by atoms with E-state index in [0.29, 0.717) is 12.1 Å². The van der Waals surface area contributed by atoms with Crippen LogP contribution in [0.1, 0.15) is 32.4 Å². The number of aromatic nitrogens is 1. The predicted octanol–water partition coefficient (Wildman–Crippen LogP) is 2.05. The molecule has 0 bridgehead atoms. The van der Waals surface area contributed by atoms with Crippen LogP contribution >= 0.6 is 0 Å². The maximum Gasteiger partial charge on any atom is 0.213 e. The number of ether oxygens (including phenoxy) is 1. The smallest absolute Gasteiger partial charge is 0.213 e. The van der Waals surface area contributed by atoms with E-state index in [-0.39, 0.29) is 0 Å². The van der Waals surface area contributed by atoms with Crippen molar-refractivity contribution in [2.24, 2.45) is 0 Å². The van der Waals surface area contributed by atoms with Gasteiger partial charge in [0.25, 0.3) is 0 Å². The van der Waals surface area contributed by atoms with Crippen molar-refractivity contribution in [3.8, 4) is 5.88 Å². The zero-order chi connectivity index (χ0) is 13.7. The first kappa shape index (κ1) is 14.3. The summed E-state index contributed by atoms with van der Waals surface area (Å²) in [4.78, 5) is 6.90. The monoisotopic (exact) mass is 263 g/mol. The van der Waals surface area contributed by atoms with Crippen molar-refractivity contribution >= 4 is 0 Å². The second-order valence-corrected chi connectivity index (χ2v) is 5.62. The lowest BCUT2D eigenvalue weighted by Crippen LogP contribution is -2.35. The van der Waals surface area contributed by atoms with Gasteiger partial charge in [0, 0.05) is 31.7 Å². The lowest BCUT2D eigenvalue weighted by Gasteiger charge is -2.29. The van der Waals surface area contributed by atoms with Crippen molar-refractivity contribution in [1.29, 1.82) is 0 Å². The van der Waals surface area contributed by atoms with Gasteiger partial charge >= 0.3 is 0 Å². The maximum absolute atomic E-state index is 5.99. The van der Waals surface area contributed by atoms with E-state index in [4.69, 9.17) is 4.74 Å². The van der Waals surface area contributed by atoms with Crippen molar-refractivity contribution in [1.82, 2.24) is 15.2 Å². The minimum atomic E-state index is 0.317. The molecule has 0 amide bonds. The first-order chi connectivity index (χ1) is 9.13. The quantitative estimate of drug-likeness (QED) is 0.882. The molecule has 1 aliphatic rings. The third-order valence-corrected chi connectivity index (χ3v) is 3.43. The fourth-order valence-corrected chi connectivity index (χ4v) is 2.20. The van der Waals surface area contributed by atoms with Crippen molar-refractivity contribution in [3.05, 3.63) is 23.9 Å². The van der Waals surface area contributed by atoms with Gasteiger partial charge in [-0.2, -0.15) is 0 Å². The Morgan fingerprint density at radius 3 is 2.79 bits per heavy atom. The van der Waals surface area contributed by atoms with Crippen LogP contribution in [0, 0.1) is 0 Å². The fraction of sp³-hybridized carbons (Fsp3) is 0.667. The van der Waals surface area contributed by atoms with Crippen LogP contribution in [0.15, 0.2) is 18.2 Å². The molecule has 0 spiro atoms. The number of likely N-dealkylation sites (tertiary alicyclic amines) is 1. The number of rotatable bonds is 5. The van der Waals surface area contributed by atoms with Crippen LogP contribution in [0.4, 0.5) is 0 Å². The van der Waals surface area contributed by atoms with E-state index in [2.05, 4.69) is 36.1 Å². The van der Waals surface area contributed by atoms with E-state index >= 15 is 0 Å². The molecular weight excluding hydrogens is 238 g/mol. The Labute approximate surface area is 116 Å². The topological polar surface area (TPSA) is 37.4 Å². The number of nitrogens with zero attached hydrogens (tertiary/aromatic N) is 2. The molecule has 0 aromatic carbocycles. The van der Waals surface area contributed by atoms with Crippen LogP contribution in [0.25, 0.3) is 0 Å². The standard InChI is InChI=1S/C15H25N3O/c1-12(2)16-11-13-5-4-6-15(17-13)19-14-7-9-18(3)10-8-14/h4-6,12,14,16H,7-11H2,1-3H3. The van der Waals surface area contributed by atoms with E-state index in [0.717, 1.165) is 44.0 Å². The normalized spacial score (nSPS) is 17.9. The second-order valence-electron chi connectivity index (χ2n) is 5.62. The van der Waals surface area contributed by atoms with E-state index in [9.17, 15) is 0 Å². The highest BCUT2D eigenvalue weighted by molar-refractivity contribution is 5.16. The third-order valence-electron chi connectivity index (χ3n) is 3.43. The highest BCUT2D eigenvalue weighted by atomic mass is 16.5. The van der Waals surface area contributed by atoms with Gasteiger partial charge in [-0.25, -0.2) is 4.98 Å². The molecule has 1 N–H and O–H groups in total. The van der Waals surface area contributed by atoms with Gasteiger partial charge in [0.2, 0.25) is 5.88 Å². The third kappa shape index (κ3) is 4.80. The molecule has 106 valence electrons. The molecule has 1 fully saturated rings. The Bertz CT molecular complexity index is 387. The van der Waals surface area contributed by atoms with E-state index in [1.54, 1.807) is 0 Å². The minimum Gasteiger partial charge on any atom is -0.474 e. The Kier molecular flexibility index (Phi) is 5.16. The first-order valence-corrected chi connectivity index (χ1v) is 7.18. The molecule has 0 unspecified atom stereocenters. The molecule has 2 heterocycles. The molecule has 0 aliphatic carbocycles. The van der Waals surface area contributed by atoms with Gasteiger partial charge in [-0.1, -0.05) is 19.9 Å². The average molecular weight is 263 g/mol. The summed E-state index contributed by atoms with van der Waals surface area (Å²) in [5.41, 5.74) is 1.04. The summed E-state index contributed by atoms with van der Waals surface area (Å²) >= 11 is 0. The Morgan fingerprint density at radius 1 is 1.37 bits per heavy atom. The van der Waals surface area contributed by atoms with Crippen molar-refractivity contribution in [2.45, 2.75) is 45.4 Å². The summed E-state index contributed by atoms with van der Waals surface area (Å²) in [5.74, 6) is 0.762. The summed E-state index contributed by atoms with van der Waals surface area (Å²) in [5, 5.41) is 3.37. The van der Waals surface area contributed by atoms with Crippen LogP contribution in [0.5, 0.6) is 5.88 Å². The number of pyridine rings is 1. The van der Waals surface area contributed by atoms with Crippen LogP contribution in [0.2, 0.25) is 0 Å². The number of hydrogen-bond acceptors (Lipinski definition) is 4. The summed E-state index contributed by atoms with van der Waals surface area (Å²) < 4.78 is 5.99. The zero-order valence-electron chi connectivity index (χ0n) is 12.2. The number of piperidine rings is 1. The Morgan fingerprint density at radius 2 is 2.11 bits per heavy atom. The molecule has 1 aromatic heterocycles. The molecule has 1 aliphatic heterocycles. The molecule has 0 atom stereocenters. The maximum atomic E-state index is 5.99. The van der Waals surface area contributed by atoms with Crippen LogP contribution in [0.3, 0.4) is 0 Å². The number of hydrogen-bond donors (Lipinski definition) is 1. The van der Waals surface area contributed by atoms with Gasteiger partial charge in [-0.3, -0.25) is 0 Å². The Balaban J connectivity index is 1.88. The van der Waals surface area contributed by atoms with E-state index in [1.807, 2.05) is 18.2 Å². The van der Waals surface area contributed by atoms with Crippen LogP contribution in [-0.2, 0) is 6.54 Å². The van der Waals surface area contributed by atoms with Gasteiger partial charge in [0.05, 0.1) is 5.69 Å². The highest BCUT2D eigenvalue weighted by Crippen LogP contribution is 2.16. The SMILES string of the molecule is CC(C)NCc1cccc(OC2CCN(C)CC2)n1. The minimum absolute atomic E-state index is 0.317. The van der Waals surface area contributed by atoms with Gasteiger partial charge in [-0.15, -0.1) is 0 Å². The van der Waals surface area contributed by atoms with Crippen LogP contribution < -0.4 is 10.1 Å². The summed E-state index contributed by atoms with van der Waals surface area (Å²) in [6.45, 7) is 7.29. The first-order valence-electron chi connectivity index (χ1n) is 7.18. The summed E-state index contributed by atoms with van der Waals surface area (Å²) in [7, 11) is 2.16. The second kappa shape index (κ2) is 6.87. The molecule has 19 heavy (non-hydrogen) atoms. The fourth-order valence-electron chi connectivity index (χ4n) is 2.20. The predicted molar refractivity (Wildman–Crippen MR) is 77.4 cm³/mol. The van der Waals surface area contributed by atoms with Gasteiger partial charge in [0.15, 0.2) is 0 Å². The average Bonchev–Trinajstić information content (AvgIpc) is 2.40. The van der Waals surface area contributed by atoms with E-state index < -0.39 is 0 Å². The van der Waals surface area contributed by atoms with Crippen molar-refractivity contribution < 1.29 is 4.74 Å². The van der Waals surface area contributed by atoms with Gasteiger partial charge in [0.1, 0.15) is 6.10 Å². The molecule has 4 heteroatoms. The van der Waals surface area contributed by atoms with Gasteiger partial charge in [-0.05, 0) is 26.0 Å². The van der Waals surface area contributed by atoms with Gasteiger partial charge < -0.3 is 15.0 Å². The van der Waals surface area contributed by atoms with Crippen LogP contribution in [-0.4, -0.2) is 42.2 Å².